The number of ether oxygens (including phenoxy) is 4. The van der Waals surface area contributed by atoms with Crippen molar-refractivity contribution in [1.29, 1.82) is 0 Å². The molecule has 4 heterocycles. The third-order valence-electron chi connectivity index (χ3n) is 11.8. The van der Waals surface area contributed by atoms with Crippen LogP contribution in [0.25, 0.3) is 22.6 Å². The van der Waals surface area contributed by atoms with Gasteiger partial charge in [-0.1, -0.05) is 0 Å². The second kappa shape index (κ2) is 21.6. The zero-order valence-electron chi connectivity index (χ0n) is 39.2. The Morgan fingerprint density at radius 3 is 1.34 bits per heavy atom. The highest BCUT2D eigenvalue weighted by Gasteiger charge is 2.39. The Labute approximate surface area is 391 Å². The van der Waals surface area contributed by atoms with E-state index in [1.807, 2.05) is 47.6 Å². The van der Waals surface area contributed by atoms with E-state index in [1.165, 1.54) is 24.3 Å². The minimum Gasteiger partial charge on any atom is -0.491 e. The summed E-state index contributed by atoms with van der Waals surface area (Å²) in [7, 11) is 0. The molecule has 0 aliphatic carbocycles. The van der Waals surface area contributed by atoms with Gasteiger partial charge in [0.1, 0.15) is 23.1 Å². The molecule has 2 aliphatic heterocycles. The summed E-state index contributed by atoms with van der Waals surface area (Å²) in [4.78, 5) is 14.6. The summed E-state index contributed by atoms with van der Waals surface area (Å²) in [6.07, 6.45) is 6.30. The Balaban J connectivity index is 1.10. The Hall–Kier alpha value is -6.19. The number of halogens is 3. The minimum atomic E-state index is -0.497. The van der Waals surface area contributed by atoms with Crippen molar-refractivity contribution in [2.24, 2.45) is 0 Å². The molecule has 2 aliphatic rings. The van der Waals surface area contributed by atoms with Crippen molar-refractivity contribution >= 4 is 12.0 Å². The lowest BCUT2D eigenvalue weighted by atomic mass is 10.0. The van der Waals surface area contributed by atoms with Crippen molar-refractivity contribution in [3.05, 3.63) is 120 Å². The van der Waals surface area contributed by atoms with Crippen LogP contribution >= 0.6 is 0 Å². The van der Waals surface area contributed by atoms with E-state index in [4.69, 9.17) is 37.7 Å². The van der Waals surface area contributed by atoms with E-state index in [9.17, 15) is 8.78 Å². The maximum Gasteiger partial charge on any atom is 0.317 e. The van der Waals surface area contributed by atoms with Gasteiger partial charge in [-0.25, -0.2) is 18.8 Å². The van der Waals surface area contributed by atoms with Gasteiger partial charge in [-0.05, 0) is 151 Å². The largest absolute Gasteiger partial charge is 0.491 e. The second-order valence-electron chi connectivity index (χ2n) is 17.6. The van der Waals surface area contributed by atoms with Crippen LogP contribution in [0.2, 0.25) is 0 Å². The number of hydrogen-bond acceptors (Lipinski definition) is 12. The van der Waals surface area contributed by atoms with Crippen molar-refractivity contribution in [2.75, 3.05) is 49.4 Å². The molecule has 0 atom stereocenters. The number of benzene rings is 4. The first kappa shape index (κ1) is 47.3. The summed E-state index contributed by atoms with van der Waals surface area (Å²) in [6.45, 7) is 16.6. The molecule has 0 radical (unpaired) electrons. The van der Waals surface area contributed by atoms with Gasteiger partial charge in [0.05, 0.1) is 49.9 Å². The fourth-order valence-corrected chi connectivity index (χ4v) is 8.89. The van der Waals surface area contributed by atoms with Crippen LogP contribution in [-0.2, 0) is 13.1 Å². The molecule has 0 spiro atoms. The number of rotatable bonds is 19. The Kier molecular flexibility index (Phi) is 15.3. The molecule has 0 saturated carbocycles. The molecule has 2 aromatic heterocycles. The summed E-state index contributed by atoms with van der Waals surface area (Å²) in [5, 5.41) is 4.21. The van der Waals surface area contributed by atoms with Crippen LogP contribution in [-0.4, -0.2) is 83.5 Å². The van der Waals surface area contributed by atoms with Gasteiger partial charge < -0.3 is 27.8 Å². The number of hydrazine groups is 1. The van der Waals surface area contributed by atoms with Crippen molar-refractivity contribution in [3.8, 4) is 45.6 Å². The van der Waals surface area contributed by atoms with E-state index >= 15 is 4.39 Å². The molecular weight excluding hydrogens is 862 g/mol. The minimum absolute atomic E-state index is 0.0192. The molecular formula is C52H61F3N6O6. The smallest absolute Gasteiger partial charge is 0.317 e. The van der Waals surface area contributed by atoms with Gasteiger partial charge in [-0.3, -0.25) is 9.80 Å². The third kappa shape index (κ3) is 11.9. The van der Waals surface area contributed by atoms with E-state index in [0.29, 0.717) is 86.9 Å². The van der Waals surface area contributed by atoms with Gasteiger partial charge in [0.2, 0.25) is 5.82 Å². The number of likely N-dealkylation sites (tertiary alicyclic amines) is 2. The van der Waals surface area contributed by atoms with Crippen molar-refractivity contribution in [3.63, 3.8) is 0 Å². The maximum atomic E-state index is 15.2. The predicted molar refractivity (Wildman–Crippen MR) is 252 cm³/mol. The van der Waals surface area contributed by atoms with Crippen molar-refractivity contribution in [2.45, 2.75) is 105 Å². The van der Waals surface area contributed by atoms with Gasteiger partial charge in [-0.15, -0.1) is 0 Å². The molecule has 6 aromatic rings. The SMILES string of the molecule is CCOc1cc(CN2CCC(N(c3ncc(-c4ccc(F)cc4)o3)N(c3ncc(-c4ccc(F)cc4)o3)C3CCN(Cc4cc(OC(C)C)cc(OC(C)C)c4)CC3)CC2)cc(OCC)c1F. The Morgan fingerprint density at radius 1 is 0.582 bits per heavy atom. The quantitative estimate of drug-likeness (QED) is 0.0723. The predicted octanol–water partition coefficient (Wildman–Crippen LogP) is 11.3. The molecule has 2 saturated heterocycles. The van der Waals surface area contributed by atoms with E-state index in [1.54, 1.807) is 48.8 Å². The third-order valence-corrected chi connectivity index (χ3v) is 11.8. The Bertz CT molecular complexity index is 2460. The number of hydrogen-bond donors (Lipinski definition) is 0. The molecule has 15 heteroatoms. The topological polar surface area (TPSA) is 102 Å². The Morgan fingerprint density at radius 2 is 0.970 bits per heavy atom. The summed E-state index contributed by atoms with van der Waals surface area (Å²) < 4.78 is 80.1. The number of nitrogens with zero attached hydrogens (tertiary/aromatic N) is 6. The van der Waals surface area contributed by atoms with Gasteiger partial charge in [0.15, 0.2) is 23.0 Å². The second-order valence-corrected chi connectivity index (χ2v) is 17.6. The van der Waals surface area contributed by atoms with Crippen LogP contribution < -0.4 is 29.0 Å². The van der Waals surface area contributed by atoms with E-state index in [2.05, 4.69) is 32.0 Å². The normalized spacial score (nSPS) is 15.3. The average molecular weight is 923 g/mol. The molecule has 8 rings (SSSR count). The van der Waals surface area contributed by atoms with Gasteiger partial charge in [0.25, 0.3) is 0 Å². The van der Waals surface area contributed by atoms with Gasteiger partial charge >= 0.3 is 12.0 Å². The fourth-order valence-electron chi connectivity index (χ4n) is 8.89. The standard InChI is InChI=1S/C52H61F3N6O6/c1-7-62-46-27-37(28-47(50(46)55)63-8-2)33-59-23-19-43(20-24-59)61(52-57-31-49(67-52)39-11-15-41(54)16-12-39)60(51-56-30-48(66-51)38-9-13-40(53)14-10-38)42-17-21-58(22-18-42)32-36-25-44(64-34(3)4)29-45(26-36)65-35(5)6/h9-16,25-31,34-35,42-43H,7-8,17-24,32-33H2,1-6H3. The van der Waals surface area contributed by atoms with Crippen LogP contribution in [0, 0.1) is 17.5 Å². The highest BCUT2D eigenvalue weighted by Crippen LogP contribution is 2.38. The van der Waals surface area contributed by atoms with Crippen LogP contribution in [0.4, 0.5) is 25.2 Å². The first-order valence-corrected chi connectivity index (χ1v) is 23.4. The summed E-state index contributed by atoms with van der Waals surface area (Å²) in [6, 6.07) is 22.4. The van der Waals surface area contributed by atoms with Crippen molar-refractivity contribution in [1.82, 2.24) is 19.8 Å². The average Bonchev–Trinajstić information content (AvgIpc) is 3.99. The molecule has 0 unspecified atom stereocenters. The lowest BCUT2D eigenvalue weighted by Crippen LogP contribution is -2.59. The van der Waals surface area contributed by atoms with E-state index < -0.39 is 5.82 Å². The molecule has 67 heavy (non-hydrogen) atoms. The number of anilines is 2. The lowest BCUT2D eigenvalue weighted by molar-refractivity contribution is 0.177. The summed E-state index contributed by atoms with van der Waals surface area (Å²) in [5.74, 6) is 1.70. The number of piperidine rings is 2. The first-order chi connectivity index (χ1) is 32.4. The number of aromatic nitrogens is 2. The van der Waals surface area contributed by atoms with Gasteiger partial charge in [-0.2, -0.15) is 14.4 Å². The van der Waals surface area contributed by atoms with E-state index in [-0.39, 0.29) is 47.4 Å². The molecule has 0 amide bonds. The van der Waals surface area contributed by atoms with Crippen LogP contribution in [0.3, 0.4) is 0 Å². The molecule has 4 aromatic carbocycles. The first-order valence-electron chi connectivity index (χ1n) is 23.4. The molecule has 356 valence electrons. The number of oxazole rings is 2. The monoisotopic (exact) mass is 922 g/mol. The maximum absolute atomic E-state index is 15.2. The van der Waals surface area contributed by atoms with Crippen LogP contribution in [0.15, 0.2) is 100 Å². The molecule has 12 nitrogen and oxygen atoms in total. The molecule has 2 fully saturated rings. The lowest BCUT2D eigenvalue weighted by Gasteiger charge is -2.47. The van der Waals surface area contributed by atoms with Crippen LogP contribution in [0.5, 0.6) is 23.0 Å². The molecule has 0 N–H and O–H groups in total. The van der Waals surface area contributed by atoms with Gasteiger partial charge in [0, 0.05) is 56.5 Å². The summed E-state index contributed by atoms with van der Waals surface area (Å²) in [5.41, 5.74) is 3.37. The zero-order chi connectivity index (χ0) is 47.0. The fraction of sp³-hybridized carbons (Fsp3) is 0.423. The highest BCUT2D eigenvalue weighted by molar-refractivity contribution is 5.60. The van der Waals surface area contributed by atoms with Crippen molar-refractivity contribution < 1.29 is 41.0 Å². The molecule has 0 bridgehead atoms. The van der Waals surface area contributed by atoms with Crippen LogP contribution in [0.1, 0.15) is 78.4 Å². The van der Waals surface area contributed by atoms with E-state index in [0.717, 1.165) is 48.6 Å². The zero-order valence-corrected chi connectivity index (χ0v) is 39.2. The summed E-state index contributed by atoms with van der Waals surface area (Å²) >= 11 is 0. The highest BCUT2D eigenvalue weighted by atomic mass is 19.1.